The van der Waals surface area contributed by atoms with E-state index in [9.17, 15) is 0 Å². The first-order valence-corrected chi connectivity index (χ1v) is 6.58. The second kappa shape index (κ2) is 5.88. The average Bonchev–Trinajstić information content (AvgIpc) is 2.46. The number of aromatic nitrogens is 1. The minimum atomic E-state index is 0.375. The number of ether oxygens (including phenoxy) is 1. The van der Waals surface area contributed by atoms with Gasteiger partial charge >= 0.3 is 0 Å². The van der Waals surface area contributed by atoms with Gasteiger partial charge in [-0.25, -0.2) is 4.98 Å². The number of nitrogens with zero attached hydrogens (tertiary/aromatic N) is 2. The summed E-state index contributed by atoms with van der Waals surface area (Å²) in [6, 6.07) is 11.5. The van der Waals surface area contributed by atoms with Gasteiger partial charge in [-0.2, -0.15) is 0 Å². The van der Waals surface area contributed by atoms with Crippen molar-refractivity contribution in [2.24, 2.45) is 5.73 Å². The summed E-state index contributed by atoms with van der Waals surface area (Å²) in [5.41, 5.74) is 8.41. The Bertz CT molecular complexity index is 626. The molecule has 2 N–H and O–H groups in total. The van der Waals surface area contributed by atoms with E-state index in [0.717, 1.165) is 28.5 Å². The summed E-state index contributed by atoms with van der Waals surface area (Å²) in [4.78, 5) is 6.87. The van der Waals surface area contributed by atoms with Crippen molar-refractivity contribution >= 4 is 28.7 Å². The Morgan fingerprint density at radius 1 is 1.25 bits per heavy atom. The SMILES string of the molecule is COc1ccc(N(C)c2cc(C(N)=S)cc(C)n2)cc1. The fourth-order valence-corrected chi connectivity index (χ4v) is 2.02. The Morgan fingerprint density at radius 2 is 1.90 bits per heavy atom. The van der Waals surface area contributed by atoms with Gasteiger partial charge in [0.25, 0.3) is 0 Å². The first-order valence-electron chi connectivity index (χ1n) is 6.17. The fraction of sp³-hybridized carbons (Fsp3) is 0.200. The summed E-state index contributed by atoms with van der Waals surface area (Å²) in [7, 11) is 3.60. The van der Waals surface area contributed by atoms with E-state index in [0.29, 0.717) is 4.99 Å². The van der Waals surface area contributed by atoms with Gasteiger partial charge in [-0.1, -0.05) is 12.2 Å². The van der Waals surface area contributed by atoms with E-state index in [2.05, 4.69) is 4.98 Å². The highest BCUT2D eigenvalue weighted by Gasteiger charge is 2.09. The number of methoxy groups -OCH3 is 1. The van der Waals surface area contributed by atoms with E-state index in [1.165, 1.54) is 0 Å². The molecule has 0 aliphatic rings. The van der Waals surface area contributed by atoms with Crippen molar-refractivity contribution in [2.75, 3.05) is 19.1 Å². The second-order valence-corrected chi connectivity index (χ2v) is 4.92. The third-order valence-electron chi connectivity index (χ3n) is 3.03. The van der Waals surface area contributed by atoms with Crippen LogP contribution < -0.4 is 15.4 Å². The normalized spacial score (nSPS) is 10.2. The lowest BCUT2D eigenvalue weighted by atomic mass is 10.2. The molecule has 0 aliphatic carbocycles. The smallest absolute Gasteiger partial charge is 0.133 e. The molecule has 0 saturated carbocycles. The molecule has 104 valence electrons. The van der Waals surface area contributed by atoms with Crippen LogP contribution in [-0.2, 0) is 0 Å². The molecule has 0 unspecified atom stereocenters. The summed E-state index contributed by atoms with van der Waals surface area (Å²) >= 11 is 5.03. The van der Waals surface area contributed by atoms with Gasteiger partial charge in [-0.15, -0.1) is 0 Å². The highest BCUT2D eigenvalue weighted by molar-refractivity contribution is 7.80. The third kappa shape index (κ3) is 3.05. The summed E-state index contributed by atoms with van der Waals surface area (Å²) in [5.74, 6) is 1.63. The Balaban J connectivity index is 2.36. The van der Waals surface area contributed by atoms with Gasteiger partial charge < -0.3 is 15.4 Å². The number of aryl methyl sites for hydroxylation is 1. The van der Waals surface area contributed by atoms with Crippen LogP contribution in [0.15, 0.2) is 36.4 Å². The highest BCUT2D eigenvalue weighted by atomic mass is 32.1. The molecule has 20 heavy (non-hydrogen) atoms. The largest absolute Gasteiger partial charge is 0.497 e. The summed E-state index contributed by atoms with van der Waals surface area (Å²) < 4.78 is 5.16. The number of benzene rings is 1. The molecule has 0 saturated heterocycles. The van der Waals surface area contributed by atoms with Crippen LogP contribution in [0.5, 0.6) is 5.75 Å². The molecule has 0 bridgehead atoms. The van der Waals surface area contributed by atoms with Crippen LogP contribution in [0.4, 0.5) is 11.5 Å². The van der Waals surface area contributed by atoms with Crippen molar-refractivity contribution in [3.05, 3.63) is 47.7 Å². The second-order valence-electron chi connectivity index (χ2n) is 4.48. The zero-order valence-corrected chi connectivity index (χ0v) is 12.6. The minimum absolute atomic E-state index is 0.375. The molecule has 5 heteroatoms. The molecule has 2 aromatic rings. The van der Waals surface area contributed by atoms with Crippen LogP contribution in [0, 0.1) is 6.92 Å². The first kappa shape index (κ1) is 14.3. The predicted octanol–water partition coefficient (Wildman–Crippen LogP) is 2.80. The lowest BCUT2D eigenvalue weighted by Crippen LogP contribution is -2.15. The van der Waals surface area contributed by atoms with E-state index in [-0.39, 0.29) is 0 Å². The maximum Gasteiger partial charge on any atom is 0.133 e. The number of anilines is 2. The van der Waals surface area contributed by atoms with Gasteiger partial charge in [0.05, 0.1) is 7.11 Å². The molecule has 0 aliphatic heterocycles. The molecular weight excluding hydrogens is 270 g/mol. The molecule has 1 aromatic heterocycles. The van der Waals surface area contributed by atoms with E-state index in [1.54, 1.807) is 7.11 Å². The Morgan fingerprint density at radius 3 is 2.45 bits per heavy atom. The van der Waals surface area contributed by atoms with Gasteiger partial charge in [-0.3, -0.25) is 0 Å². The lowest BCUT2D eigenvalue weighted by molar-refractivity contribution is 0.415. The first-order chi connectivity index (χ1) is 9.51. The maximum atomic E-state index is 5.70. The number of rotatable bonds is 4. The molecule has 0 amide bonds. The van der Waals surface area contributed by atoms with Crippen LogP contribution in [0.1, 0.15) is 11.3 Å². The number of nitrogens with two attached hydrogens (primary N) is 1. The maximum absolute atomic E-state index is 5.70. The zero-order chi connectivity index (χ0) is 14.7. The van der Waals surface area contributed by atoms with E-state index in [4.69, 9.17) is 22.7 Å². The van der Waals surface area contributed by atoms with Gasteiger partial charge in [-0.05, 0) is 43.3 Å². The molecule has 2 rings (SSSR count). The standard InChI is InChI=1S/C15H17N3OS/c1-10-8-11(15(16)20)9-14(17-10)18(2)12-4-6-13(19-3)7-5-12/h4-9H,1-3H3,(H2,16,20). The molecule has 0 atom stereocenters. The molecule has 4 nitrogen and oxygen atoms in total. The molecule has 1 heterocycles. The van der Waals surface area contributed by atoms with Crippen molar-refractivity contribution in [2.45, 2.75) is 6.92 Å². The van der Waals surface area contributed by atoms with Crippen LogP contribution in [-0.4, -0.2) is 24.1 Å². The number of hydrogen-bond acceptors (Lipinski definition) is 4. The quantitative estimate of drug-likeness (QED) is 0.876. The molecular formula is C15H17N3OS. The predicted molar refractivity (Wildman–Crippen MR) is 85.9 cm³/mol. The van der Waals surface area contributed by atoms with E-state index in [1.807, 2.05) is 55.3 Å². The number of pyridine rings is 1. The lowest BCUT2D eigenvalue weighted by Gasteiger charge is -2.20. The third-order valence-corrected chi connectivity index (χ3v) is 3.26. The van der Waals surface area contributed by atoms with E-state index >= 15 is 0 Å². The number of thiocarbonyl (C=S) groups is 1. The molecule has 0 spiro atoms. The van der Waals surface area contributed by atoms with Gasteiger partial charge in [0, 0.05) is 24.0 Å². The molecule has 0 radical (unpaired) electrons. The Labute approximate surface area is 124 Å². The molecule has 1 aromatic carbocycles. The van der Waals surface area contributed by atoms with Crippen molar-refractivity contribution in [1.29, 1.82) is 0 Å². The minimum Gasteiger partial charge on any atom is -0.497 e. The van der Waals surface area contributed by atoms with Crippen molar-refractivity contribution in [3.63, 3.8) is 0 Å². The van der Waals surface area contributed by atoms with Crippen LogP contribution in [0.2, 0.25) is 0 Å². The summed E-state index contributed by atoms with van der Waals surface area (Å²) in [6.45, 7) is 1.92. The van der Waals surface area contributed by atoms with Crippen molar-refractivity contribution < 1.29 is 4.74 Å². The van der Waals surface area contributed by atoms with Crippen LogP contribution in [0.25, 0.3) is 0 Å². The highest BCUT2D eigenvalue weighted by Crippen LogP contribution is 2.25. The van der Waals surface area contributed by atoms with Gasteiger partial charge in [0.2, 0.25) is 0 Å². The zero-order valence-electron chi connectivity index (χ0n) is 11.8. The summed E-state index contributed by atoms with van der Waals surface area (Å²) in [6.07, 6.45) is 0. The monoisotopic (exact) mass is 287 g/mol. The fourth-order valence-electron chi connectivity index (χ4n) is 1.90. The van der Waals surface area contributed by atoms with Crippen molar-refractivity contribution in [3.8, 4) is 5.75 Å². The van der Waals surface area contributed by atoms with Gasteiger partial charge in [0.15, 0.2) is 0 Å². The van der Waals surface area contributed by atoms with Crippen LogP contribution >= 0.6 is 12.2 Å². The molecule has 0 fully saturated rings. The Kier molecular flexibility index (Phi) is 4.20. The van der Waals surface area contributed by atoms with Crippen molar-refractivity contribution in [1.82, 2.24) is 4.98 Å². The van der Waals surface area contributed by atoms with Crippen LogP contribution in [0.3, 0.4) is 0 Å². The van der Waals surface area contributed by atoms with E-state index < -0.39 is 0 Å². The average molecular weight is 287 g/mol. The summed E-state index contributed by atoms with van der Waals surface area (Å²) in [5, 5.41) is 0. The number of hydrogen-bond donors (Lipinski definition) is 1. The van der Waals surface area contributed by atoms with Gasteiger partial charge in [0.1, 0.15) is 16.6 Å². The Hall–Kier alpha value is -2.14. The topological polar surface area (TPSA) is 51.4 Å².